The number of amides is 1. The van der Waals surface area contributed by atoms with Gasteiger partial charge in [0.2, 0.25) is 10.9 Å². The van der Waals surface area contributed by atoms with E-state index in [1.54, 1.807) is 18.2 Å². The highest BCUT2D eigenvalue weighted by Crippen LogP contribution is 2.42. The molecule has 168 valence electrons. The summed E-state index contributed by atoms with van der Waals surface area (Å²) in [6.45, 7) is 5.87. The van der Waals surface area contributed by atoms with Crippen LogP contribution in [0.4, 0.5) is 5.13 Å². The summed E-state index contributed by atoms with van der Waals surface area (Å²) >= 11 is 7.46. The standard InChI is InChI=1S/C24H20ClN3O4S/c1-4-18-26-27-24(33-18)28-20(13-5-8-15(9-6-13)31-12(2)3)19-21(29)16-11-14(25)7-10-17(16)32-22(19)23(28)30/h5-12,20H,4H2,1-3H3. The predicted molar refractivity (Wildman–Crippen MR) is 128 cm³/mol. The fourth-order valence-corrected chi connectivity index (χ4v) is 4.92. The van der Waals surface area contributed by atoms with Crippen LogP contribution < -0.4 is 15.1 Å². The van der Waals surface area contributed by atoms with Crippen LogP contribution in [0, 0.1) is 0 Å². The lowest BCUT2D eigenvalue weighted by atomic mass is 9.98. The quantitative estimate of drug-likeness (QED) is 0.379. The van der Waals surface area contributed by atoms with Crippen LogP contribution in [0.5, 0.6) is 5.75 Å². The molecule has 0 bridgehead atoms. The van der Waals surface area contributed by atoms with Gasteiger partial charge >= 0.3 is 0 Å². The van der Waals surface area contributed by atoms with Crippen LogP contribution in [0.1, 0.15) is 53.5 Å². The second-order valence-corrected chi connectivity index (χ2v) is 9.44. The highest BCUT2D eigenvalue weighted by molar-refractivity contribution is 7.15. The van der Waals surface area contributed by atoms with Crippen molar-refractivity contribution >= 4 is 44.9 Å². The molecule has 5 rings (SSSR count). The van der Waals surface area contributed by atoms with Gasteiger partial charge in [-0.15, -0.1) is 10.2 Å². The van der Waals surface area contributed by atoms with Gasteiger partial charge in [0.05, 0.1) is 23.1 Å². The lowest BCUT2D eigenvalue weighted by Gasteiger charge is -2.22. The van der Waals surface area contributed by atoms with Crippen molar-refractivity contribution in [1.29, 1.82) is 0 Å². The van der Waals surface area contributed by atoms with Gasteiger partial charge in [-0.25, -0.2) is 0 Å². The van der Waals surface area contributed by atoms with Crippen LogP contribution in [-0.2, 0) is 6.42 Å². The molecule has 0 saturated heterocycles. The molecule has 33 heavy (non-hydrogen) atoms. The number of aromatic nitrogens is 2. The number of carbonyl (C=O) groups is 1. The maximum atomic E-state index is 13.6. The Morgan fingerprint density at radius 3 is 2.58 bits per heavy atom. The predicted octanol–water partition coefficient (Wildman–Crippen LogP) is 5.40. The maximum Gasteiger partial charge on any atom is 0.297 e. The van der Waals surface area contributed by atoms with Gasteiger partial charge in [0.1, 0.15) is 16.3 Å². The number of hydrogen-bond acceptors (Lipinski definition) is 7. The zero-order valence-electron chi connectivity index (χ0n) is 18.2. The summed E-state index contributed by atoms with van der Waals surface area (Å²) in [4.78, 5) is 28.6. The SMILES string of the molecule is CCc1nnc(N2C(=O)c3oc4ccc(Cl)cc4c(=O)c3C2c2ccc(OC(C)C)cc2)s1. The third-order valence-electron chi connectivity index (χ3n) is 5.36. The Morgan fingerprint density at radius 2 is 1.91 bits per heavy atom. The molecular weight excluding hydrogens is 462 g/mol. The third-order valence-corrected chi connectivity index (χ3v) is 6.67. The van der Waals surface area contributed by atoms with E-state index in [0.29, 0.717) is 33.3 Å². The molecule has 0 fully saturated rings. The number of halogens is 1. The molecule has 1 aliphatic heterocycles. The average molecular weight is 482 g/mol. The molecule has 0 spiro atoms. The molecule has 7 nitrogen and oxygen atoms in total. The lowest BCUT2D eigenvalue weighted by Crippen LogP contribution is -2.29. The lowest BCUT2D eigenvalue weighted by molar-refractivity contribution is 0.0970. The van der Waals surface area contributed by atoms with E-state index < -0.39 is 11.9 Å². The second kappa shape index (κ2) is 8.28. The van der Waals surface area contributed by atoms with Crippen LogP contribution in [-0.4, -0.2) is 22.2 Å². The van der Waals surface area contributed by atoms with E-state index in [9.17, 15) is 9.59 Å². The number of benzene rings is 2. The number of ether oxygens (including phenoxy) is 1. The van der Waals surface area contributed by atoms with Crippen LogP contribution in [0.15, 0.2) is 51.7 Å². The van der Waals surface area contributed by atoms with Crippen molar-refractivity contribution in [2.75, 3.05) is 4.90 Å². The Kier molecular flexibility index (Phi) is 5.42. The summed E-state index contributed by atoms with van der Waals surface area (Å²) in [6.07, 6.45) is 0.719. The molecule has 1 aliphatic rings. The zero-order chi connectivity index (χ0) is 23.3. The molecule has 3 heterocycles. The fraction of sp³-hybridized carbons (Fsp3) is 0.250. The molecular formula is C24H20ClN3O4S. The topological polar surface area (TPSA) is 85.5 Å². The molecule has 0 saturated carbocycles. The normalized spacial score (nSPS) is 15.5. The first kappa shape index (κ1) is 21.6. The van der Waals surface area contributed by atoms with E-state index in [4.69, 9.17) is 20.8 Å². The summed E-state index contributed by atoms with van der Waals surface area (Å²) < 4.78 is 11.7. The Labute approximate surface area is 198 Å². The van der Waals surface area contributed by atoms with Crippen molar-refractivity contribution in [3.8, 4) is 5.75 Å². The van der Waals surface area contributed by atoms with Gasteiger partial charge in [0, 0.05) is 5.02 Å². The molecule has 0 aliphatic carbocycles. The maximum absolute atomic E-state index is 13.6. The minimum absolute atomic E-state index is 0.00979. The van der Waals surface area contributed by atoms with E-state index in [-0.39, 0.29) is 22.9 Å². The Balaban J connectivity index is 1.72. The molecule has 0 radical (unpaired) electrons. The van der Waals surface area contributed by atoms with Crippen molar-refractivity contribution < 1.29 is 13.9 Å². The number of nitrogens with zero attached hydrogens (tertiary/aromatic N) is 3. The Hall–Kier alpha value is -3.23. The summed E-state index contributed by atoms with van der Waals surface area (Å²) in [5.74, 6) is 0.284. The molecule has 1 atom stereocenters. The van der Waals surface area contributed by atoms with Crippen molar-refractivity contribution in [1.82, 2.24) is 10.2 Å². The minimum atomic E-state index is -0.710. The fourth-order valence-electron chi connectivity index (χ4n) is 3.94. The number of carbonyl (C=O) groups excluding carboxylic acids is 1. The third kappa shape index (κ3) is 3.69. The van der Waals surface area contributed by atoms with Gasteiger partial charge in [0.15, 0.2) is 5.43 Å². The van der Waals surface area contributed by atoms with E-state index in [1.165, 1.54) is 16.2 Å². The molecule has 9 heteroatoms. The highest BCUT2D eigenvalue weighted by Gasteiger charge is 2.45. The molecule has 2 aromatic heterocycles. The van der Waals surface area contributed by atoms with Crippen LogP contribution >= 0.6 is 22.9 Å². The van der Waals surface area contributed by atoms with Crippen molar-refractivity contribution in [2.24, 2.45) is 0 Å². The molecule has 1 unspecified atom stereocenters. The van der Waals surface area contributed by atoms with Crippen molar-refractivity contribution in [3.05, 3.63) is 79.6 Å². The Bertz CT molecular complexity index is 1430. The van der Waals surface area contributed by atoms with Crippen LogP contribution in [0.25, 0.3) is 11.0 Å². The number of hydrogen-bond donors (Lipinski definition) is 0. The van der Waals surface area contributed by atoms with E-state index in [0.717, 1.165) is 10.6 Å². The Morgan fingerprint density at radius 1 is 1.15 bits per heavy atom. The summed E-state index contributed by atoms with van der Waals surface area (Å²) in [6, 6.07) is 11.4. The summed E-state index contributed by atoms with van der Waals surface area (Å²) in [7, 11) is 0. The van der Waals surface area contributed by atoms with E-state index >= 15 is 0 Å². The van der Waals surface area contributed by atoms with Crippen molar-refractivity contribution in [2.45, 2.75) is 39.3 Å². The zero-order valence-corrected chi connectivity index (χ0v) is 19.7. The molecule has 2 aromatic carbocycles. The minimum Gasteiger partial charge on any atom is -0.491 e. The molecule has 4 aromatic rings. The smallest absolute Gasteiger partial charge is 0.297 e. The number of rotatable bonds is 5. The average Bonchev–Trinajstić information content (AvgIpc) is 3.37. The van der Waals surface area contributed by atoms with Crippen LogP contribution in [0.3, 0.4) is 0 Å². The molecule has 0 N–H and O–H groups in total. The van der Waals surface area contributed by atoms with Gasteiger partial charge in [-0.05, 0) is 56.2 Å². The second-order valence-electron chi connectivity index (χ2n) is 7.96. The highest BCUT2D eigenvalue weighted by atomic mass is 35.5. The number of fused-ring (bicyclic) bond motifs is 2. The monoisotopic (exact) mass is 481 g/mol. The number of aryl methyl sites for hydroxylation is 1. The molecule has 1 amide bonds. The van der Waals surface area contributed by atoms with Crippen molar-refractivity contribution in [3.63, 3.8) is 0 Å². The van der Waals surface area contributed by atoms with E-state index in [1.807, 2.05) is 45.0 Å². The van der Waals surface area contributed by atoms with Crippen LogP contribution in [0.2, 0.25) is 5.02 Å². The summed E-state index contributed by atoms with van der Waals surface area (Å²) in [5, 5.41) is 10.4. The summed E-state index contributed by atoms with van der Waals surface area (Å²) in [5.41, 5.74) is 1.02. The van der Waals surface area contributed by atoms with Gasteiger partial charge in [-0.2, -0.15) is 0 Å². The van der Waals surface area contributed by atoms with Gasteiger partial charge in [-0.1, -0.05) is 42.0 Å². The van der Waals surface area contributed by atoms with Gasteiger partial charge in [-0.3, -0.25) is 14.5 Å². The largest absolute Gasteiger partial charge is 0.491 e. The first-order valence-corrected chi connectivity index (χ1v) is 11.8. The van der Waals surface area contributed by atoms with Gasteiger partial charge < -0.3 is 9.15 Å². The number of anilines is 1. The van der Waals surface area contributed by atoms with E-state index in [2.05, 4.69) is 10.2 Å². The first-order valence-electron chi connectivity index (χ1n) is 10.6. The first-order chi connectivity index (χ1) is 15.9. The van der Waals surface area contributed by atoms with Gasteiger partial charge in [0.25, 0.3) is 5.91 Å².